The lowest BCUT2D eigenvalue weighted by Gasteiger charge is -2.27. The van der Waals surface area contributed by atoms with Crippen LogP contribution in [0.1, 0.15) is 18.9 Å². The van der Waals surface area contributed by atoms with Crippen LogP contribution in [0, 0.1) is 0 Å². The Morgan fingerprint density at radius 1 is 1.12 bits per heavy atom. The van der Waals surface area contributed by atoms with Crippen LogP contribution in [0.25, 0.3) is 0 Å². The van der Waals surface area contributed by atoms with Crippen LogP contribution in [0.2, 0.25) is 0 Å². The third-order valence-corrected chi connectivity index (χ3v) is 2.76. The van der Waals surface area contributed by atoms with Crippen LogP contribution in [-0.2, 0) is 10.3 Å². The summed E-state index contributed by atoms with van der Waals surface area (Å²) in [5.41, 5.74) is -0.393. The molecule has 0 spiro atoms. The maximum atomic E-state index is 10.5. The fourth-order valence-corrected chi connectivity index (χ4v) is 1.81. The SMILES string of the molecule is COCCC(C)(O)c1c(OC)cccc1OC. The molecule has 1 atom stereocenters. The van der Waals surface area contributed by atoms with Crippen LogP contribution in [0.3, 0.4) is 0 Å². The van der Waals surface area contributed by atoms with Crippen molar-refractivity contribution in [3.63, 3.8) is 0 Å². The Labute approximate surface area is 102 Å². The van der Waals surface area contributed by atoms with Crippen LogP contribution >= 0.6 is 0 Å². The molecule has 0 amide bonds. The van der Waals surface area contributed by atoms with Gasteiger partial charge >= 0.3 is 0 Å². The minimum absolute atomic E-state index is 0.466. The van der Waals surface area contributed by atoms with Gasteiger partial charge in [-0.3, -0.25) is 0 Å². The predicted molar refractivity (Wildman–Crippen MR) is 65.6 cm³/mol. The molecule has 0 saturated heterocycles. The van der Waals surface area contributed by atoms with Crippen LogP contribution in [0.5, 0.6) is 11.5 Å². The highest BCUT2D eigenvalue weighted by atomic mass is 16.5. The molecule has 1 rings (SSSR count). The highest BCUT2D eigenvalue weighted by Gasteiger charge is 2.30. The molecule has 1 unspecified atom stereocenters. The molecule has 17 heavy (non-hydrogen) atoms. The van der Waals surface area contributed by atoms with E-state index in [2.05, 4.69) is 0 Å². The van der Waals surface area contributed by atoms with Crippen LogP contribution in [0.15, 0.2) is 18.2 Å². The third kappa shape index (κ3) is 3.11. The molecule has 1 aromatic rings. The van der Waals surface area contributed by atoms with Crippen molar-refractivity contribution in [2.75, 3.05) is 27.9 Å². The summed E-state index contributed by atoms with van der Waals surface area (Å²) in [5.74, 6) is 1.23. The second kappa shape index (κ2) is 5.89. The van der Waals surface area contributed by atoms with Gasteiger partial charge in [-0.1, -0.05) is 6.07 Å². The van der Waals surface area contributed by atoms with Gasteiger partial charge in [0, 0.05) is 20.1 Å². The van der Waals surface area contributed by atoms with E-state index in [4.69, 9.17) is 14.2 Å². The molecule has 0 fully saturated rings. The second-order valence-electron chi connectivity index (χ2n) is 4.05. The first-order chi connectivity index (χ1) is 8.06. The van der Waals surface area contributed by atoms with Gasteiger partial charge in [0.15, 0.2) is 0 Å². The molecular weight excluding hydrogens is 220 g/mol. The van der Waals surface area contributed by atoms with Gasteiger partial charge in [0.2, 0.25) is 0 Å². The topological polar surface area (TPSA) is 47.9 Å². The fraction of sp³-hybridized carbons (Fsp3) is 0.538. The van der Waals surface area contributed by atoms with Gasteiger partial charge in [0.1, 0.15) is 11.5 Å². The third-order valence-electron chi connectivity index (χ3n) is 2.76. The van der Waals surface area contributed by atoms with Crippen LogP contribution < -0.4 is 9.47 Å². The lowest BCUT2D eigenvalue weighted by Crippen LogP contribution is -2.24. The van der Waals surface area contributed by atoms with Crippen LogP contribution in [-0.4, -0.2) is 33.0 Å². The van der Waals surface area contributed by atoms with Crippen molar-refractivity contribution in [2.24, 2.45) is 0 Å². The molecule has 0 aliphatic carbocycles. The molecule has 1 aromatic carbocycles. The van der Waals surface area contributed by atoms with Crippen molar-refractivity contribution in [3.05, 3.63) is 23.8 Å². The van der Waals surface area contributed by atoms with Crippen molar-refractivity contribution in [3.8, 4) is 11.5 Å². The summed E-state index contributed by atoms with van der Waals surface area (Å²) in [5, 5.41) is 10.5. The molecule has 1 N–H and O–H groups in total. The summed E-state index contributed by atoms with van der Waals surface area (Å²) in [6.07, 6.45) is 0.472. The lowest BCUT2D eigenvalue weighted by atomic mass is 9.91. The molecule has 96 valence electrons. The summed E-state index contributed by atoms with van der Waals surface area (Å²) < 4.78 is 15.6. The van der Waals surface area contributed by atoms with Crippen molar-refractivity contribution >= 4 is 0 Å². The summed E-state index contributed by atoms with van der Waals surface area (Å²) in [6.45, 7) is 2.20. The summed E-state index contributed by atoms with van der Waals surface area (Å²) in [7, 11) is 4.75. The first-order valence-electron chi connectivity index (χ1n) is 5.49. The van der Waals surface area contributed by atoms with E-state index in [1.165, 1.54) is 0 Å². The minimum atomic E-state index is -1.05. The van der Waals surface area contributed by atoms with E-state index in [-0.39, 0.29) is 0 Å². The zero-order valence-electron chi connectivity index (χ0n) is 10.8. The van der Waals surface area contributed by atoms with Gasteiger partial charge in [-0.25, -0.2) is 0 Å². The van der Waals surface area contributed by atoms with E-state index in [0.717, 1.165) is 0 Å². The van der Waals surface area contributed by atoms with Gasteiger partial charge < -0.3 is 19.3 Å². The summed E-state index contributed by atoms with van der Waals surface area (Å²) >= 11 is 0. The Balaban J connectivity index is 3.16. The van der Waals surface area contributed by atoms with Crippen molar-refractivity contribution in [1.82, 2.24) is 0 Å². The molecule has 0 saturated carbocycles. The average Bonchev–Trinajstić information content (AvgIpc) is 2.35. The standard InChI is InChI=1S/C13H20O4/c1-13(14,8-9-15-2)12-10(16-3)6-5-7-11(12)17-4/h5-7,14H,8-9H2,1-4H3. The number of aliphatic hydroxyl groups is 1. The quantitative estimate of drug-likeness (QED) is 0.825. The highest BCUT2D eigenvalue weighted by Crippen LogP contribution is 2.39. The smallest absolute Gasteiger partial charge is 0.128 e. The first kappa shape index (κ1) is 13.8. The molecule has 0 aliphatic heterocycles. The molecule has 4 nitrogen and oxygen atoms in total. The number of hydrogen-bond acceptors (Lipinski definition) is 4. The monoisotopic (exact) mass is 240 g/mol. The van der Waals surface area contributed by atoms with E-state index in [9.17, 15) is 5.11 Å². The number of ether oxygens (including phenoxy) is 3. The minimum Gasteiger partial charge on any atom is -0.496 e. The highest BCUT2D eigenvalue weighted by molar-refractivity contribution is 5.48. The predicted octanol–water partition coefficient (Wildman–Crippen LogP) is 1.95. The Morgan fingerprint density at radius 3 is 2.06 bits per heavy atom. The van der Waals surface area contributed by atoms with Gasteiger partial charge in [-0.15, -0.1) is 0 Å². The van der Waals surface area contributed by atoms with Gasteiger partial charge in [0.05, 0.1) is 25.4 Å². The van der Waals surface area contributed by atoms with E-state index >= 15 is 0 Å². The zero-order chi connectivity index (χ0) is 12.9. The lowest BCUT2D eigenvalue weighted by molar-refractivity contribution is 0.0172. The van der Waals surface area contributed by atoms with Gasteiger partial charge in [0.25, 0.3) is 0 Å². The molecule has 0 aromatic heterocycles. The number of methoxy groups -OCH3 is 3. The largest absolute Gasteiger partial charge is 0.496 e. The maximum absolute atomic E-state index is 10.5. The molecule has 0 heterocycles. The van der Waals surface area contributed by atoms with Crippen molar-refractivity contribution in [2.45, 2.75) is 18.9 Å². The Bertz CT molecular complexity index is 338. The maximum Gasteiger partial charge on any atom is 0.128 e. The number of benzene rings is 1. The van der Waals surface area contributed by atoms with E-state index in [1.54, 1.807) is 40.4 Å². The average molecular weight is 240 g/mol. The molecule has 0 bridgehead atoms. The van der Waals surface area contributed by atoms with Gasteiger partial charge in [-0.05, 0) is 19.1 Å². The summed E-state index contributed by atoms with van der Waals surface area (Å²) in [4.78, 5) is 0. The molecule has 4 heteroatoms. The molecule has 0 radical (unpaired) electrons. The Morgan fingerprint density at radius 2 is 1.65 bits per heavy atom. The Kier molecular flexibility index (Phi) is 4.78. The summed E-state index contributed by atoms with van der Waals surface area (Å²) in [6, 6.07) is 5.44. The zero-order valence-corrected chi connectivity index (χ0v) is 10.8. The molecule has 0 aliphatic rings. The first-order valence-corrected chi connectivity index (χ1v) is 5.49. The van der Waals surface area contributed by atoms with E-state index in [0.29, 0.717) is 30.1 Å². The number of hydrogen-bond donors (Lipinski definition) is 1. The van der Waals surface area contributed by atoms with Crippen molar-refractivity contribution in [1.29, 1.82) is 0 Å². The van der Waals surface area contributed by atoms with E-state index in [1.807, 2.05) is 6.07 Å². The van der Waals surface area contributed by atoms with Crippen molar-refractivity contribution < 1.29 is 19.3 Å². The van der Waals surface area contributed by atoms with E-state index < -0.39 is 5.60 Å². The fourth-order valence-electron chi connectivity index (χ4n) is 1.81. The second-order valence-corrected chi connectivity index (χ2v) is 4.05. The van der Waals surface area contributed by atoms with Gasteiger partial charge in [-0.2, -0.15) is 0 Å². The normalized spacial score (nSPS) is 14.2. The number of rotatable bonds is 6. The van der Waals surface area contributed by atoms with Crippen LogP contribution in [0.4, 0.5) is 0 Å². The molecular formula is C13H20O4. The Hall–Kier alpha value is -1.26.